The fourth-order valence-corrected chi connectivity index (χ4v) is 3.44. The van der Waals surface area contributed by atoms with Gasteiger partial charge in [0.05, 0.1) is 25.7 Å². The SMILES string of the molecule is COc1ccc(C(NC(=O)CN2CCCC2C(=O)N(C)C)C(C)C)cc1. The summed E-state index contributed by atoms with van der Waals surface area (Å²) in [6, 6.07) is 7.52. The van der Waals surface area contributed by atoms with E-state index in [1.165, 1.54) is 0 Å². The van der Waals surface area contributed by atoms with E-state index < -0.39 is 0 Å². The van der Waals surface area contributed by atoms with Crippen LogP contribution in [0.2, 0.25) is 0 Å². The molecule has 2 unspecified atom stereocenters. The van der Waals surface area contributed by atoms with Crippen molar-refractivity contribution in [2.24, 2.45) is 5.92 Å². The third-order valence-electron chi connectivity index (χ3n) is 4.89. The smallest absolute Gasteiger partial charge is 0.239 e. The van der Waals surface area contributed by atoms with Gasteiger partial charge >= 0.3 is 0 Å². The van der Waals surface area contributed by atoms with E-state index in [4.69, 9.17) is 4.74 Å². The average molecular weight is 361 g/mol. The van der Waals surface area contributed by atoms with Crippen molar-refractivity contribution in [3.05, 3.63) is 29.8 Å². The lowest BCUT2D eigenvalue weighted by atomic mass is 9.96. The minimum atomic E-state index is -0.186. The van der Waals surface area contributed by atoms with Crippen LogP contribution < -0.4 is 10.1 Å². The first-order chi connectivity index (χ1) is 12.3. The number of likely N-dealkylation sites (tertiary alicyclic amines) is 1. The molecule has 0 aromatic heterocycles. The number of rotatable bonds is 7. The van der Waals surface area contributed by atoms with Gasteiger partial charge in [-0.25, -0.2) is 0 Å². The Morgan fingerprint density at radius 2 is 1.92 bits per heavy atom. The second-order valence-electron chi connectivity index (χ2n) is 7.42. The molecule has 144 valence electrons. The Hall–Kier alpha value is -2.08. The largest absolute Gasteiger partial charge is 0.497 e. The highest BCUT2D eigenvalue weighted by atomic mass is 16.5. The first-order valence-electron chi connectivity index (χ1n) is 9.22. The molecule has 0 spiro atoms. The lowest BCUT2D eigenvalue weighted by Crippen LogP contribution is -2.47. The van der Waals surface area contributed by atoms with Gasteiger partial charge in [0.2, 0.25) is 11.8 Å². The summed E-state index contributed by atoms with van der Waals surface area (Å²) in [5, 5.41) is 3.14. The molecule has 1 aliphatic rings. The normalized spacial score (nSPS) is 18.6. The van der Waals surface area contributed by atoms with E-state index in [0.717, 1.165) is 30.7 Å². The van der Waals surface area contributed by atoms with Gasteiger partial charge in [0.15, 0.2) is 0 Å². The molecule has 1 aromatic carbocycles. The second kappa shape index (κ2) is 9.03. The van der Waals surface area contributed by atoms with Gasteiger partial charge in [-0.2, -0.15) is 0 Å². The number of hydrogen-bond donors (Lipinski definition) is 1. The van der Waals surface area contributed by atoms with E-state index >= 15 is 0 Å². The van der Waals surface area contributed by atoms with E-state index in [1.807, 2.05) is 29.2 Å². The zero-order chi connectivity index (χ0) is 19.3. The Balaban J connectivity index is 2.02. The molecule has 1 saturated heterocycles. The molecule has 2 rings (SSSR count). The van der Waals surface area contributed by atoms with Crippen molar-refractivity contribution in [3.8, 4) is 5.75 Å². The van der Waals surface area contributed by atoms with E-state index in [2.05, 4.69) is 19.2 Å². The Kier molecular flexibility index (Phi) is 7.03. The maximum absolute atomic E-state index is 12.6. The topological polar surface area (TPSA) is 61.9 Å². The van der Waals surface area contributed by atoms with E-state index in [-0.39, 0.29) is 36.4 Å². The van der Waals surface area contributed by atoms with Gasteiger partial charge in [-0.3, -0.25) is 14.5 Å². The molecule has 6 nitrogen and oxygen atoms in total. The van der Waals surface area contributed by atoms with Gasteiger partial charge < -0.3 is 15.0 Å². The number of ether oxygens (including phenoxy) is 1. The van der Waals surface area contributed by atoms with Crippen molar-refractivity contribution in [3.63, 3.8) is 0 Å². The standard InChI is InChI=1S/C20H31N3O3/c1-14(2)19(15-8-10-16(26-5)11-9-15)21-18(24)13-23-12-6-7-17(23)20(25)22(3)4/h8-11,14,17,19H,6-7,12-13H2,1-5H3,(H,21,24). The summed E-state index contributed by atoms with van der Waals surface area (Å²) in [5.41, 5.74) is 1.05. The van der Waals surface area contributed by atoms with Crippen LogP contribution in [0.1, 0.15) is 38.3 Å². The molecule has 1 fully saturated rings. The van der Waals surface area contributed by atoms with Crippen LogP contribution in [0, 0.1) is 5.92 Å². The van der Waals surface area contributed by atoms with E-state index in [9.17, 15) is 9.59 Å². The van der Waals surface area contributed by atoms with Crippen molar-refractivity contribution in [1.29, 1.82) is 0 Å². The maximum Gasteiger partial charge on any atom is 0.239 e. The van der Waals surface area contributed by atoms with Crippen LogP contribution in [0.15, 0.2) is 24.3 Å². The minimum absolute atomic E-state index is 0.0435. The summed E-state index contributed by atoms with van der Waals surface area (Å²) in [7, 11) is 5.16. The van der Waals surface area contributed by atoms with Gasteiger partial charge in [-0.05, 0) is 43.0 Å². The summed E-state index contributed by atoms with van der Waals surface area (Å²) < 4.78 is 5.20. The van der Waals surface area contributed by atoms with Gasteiger partial charge in [0.1, 0.15) is 5.75 Å². The predicted molar refractivity (Wildman–Crippen MR) is 102 cm³/mol. The monoisotopic (exact) mass is 361 g/mol. The van der Waals surface area contributed by atoms with Crippen molar-refractivity contribution >= 4 is 11.8 Å². The first-order valence-corrected chi connectivity index (χ1v) is 9.22. The lowest BCUT2D eigenvalue weighted by Gasteiger charge is -2.28. The Morgan fingerprint density at radius 3 is 2.46 bits per heavy atom. The van der Waals surface area contributed by atoms with Gasteiger partial charge in [0, 0.05) is 14.1 Å². The average Bonchev–Trinajstić information content (AvgIpc) is 3.06. The number of benzene rings is 1. The fourth-order valence-electron chi connectivity index (χ4n) is 3.44. The van der Waals surface area contributed by atoms with Crippen LogP contribution in [0.3, 0.4) is 0 Å². The summed E-state index contributed by atoms with van der Waals surface area (Å²) in [4.78, 5) is 28.5. The van der Waals surface area contributed by atoms with Crippen LogP contribution in [-0.2, 0) is 9.59 Å². The molecule has 0 bridgehead atoms. The predicted octanol–water partition coefficient (Wildman–Crippen LogP) is 2.06. The Labute approximate surface area is 156 Å². The molecule has 1 N–H and O–H groups in total. The molecule has 2 atom stereocenters. The Morgan fingerprint density at radius 1 is 1.27 bits per heavy atom. The van der Waals surface area contributed by atoms with Crippen molar-refractivity contribution in [2.75, 3.05) is 34.3 Å². The molecule has 0 radical (unpaired) electrons. The fraction of sp³-hybridized carbons (Fsp3) is 0.600. The zero-order valence-corrected chi connectivity index (χ0v) is 16.5. The molecular weight excluding hydrogens is 330 g/mol. The number of methoxy groups -OCH3 is 1. The van der Waals surface area contributed by atoms with Gasteiger partial charge in [-0.15, -0.1) is 0 Å². The third-order valence-corrected chi connectivity index (χ3v) is 4.89. The summed E-state index contributed by atoms with van der Waals surface area (Å²) in [6.45, 7) is 5.21. The zero-order valence-electron chi connectivity index (χ0n) is 16.5. The molecule has 0 saturated carbocycles. The molecule has 26 heavy (non-hydrogen) atoms. The number of carbonyl (C=O) groups excluding carboxylic acids is 2. The van der Waals surface area contributed by atoms with Crippen LogP contribution in [0.4, 0.5) is 0 Å². The number of nitrogens with one attached hydrogen (secondary N) is 1. The quantitative estimate of drug-likeness (QED) is 0.808. The molecule has 1 heterocycles. The maximum atomic E-state index is 12.6. The molecule has 1 aromatic rings. The third kappa shape index (κ3) is 4.97. The number of nitrogens with zero attached hydrogens (tertiary/aromatic N) is 2. The highest BCUT2D eigenvalue weighted by Gasteiger charge is 2.33. The van der Waals surface area contributed by atoms with Crippen molar-refractivity contribution < 1.29 is 14.3 Å². The van der Waals surface area contributed by atoms with Gasteiger partial charge in [0.25, 0.3) is 0 Å². The number of amides is 2. The lowest BCUT2D eigenvalue weighted by molar-refractivity contribution is -0.134. The molecule has 6 heteroatoms. The van der Waals surface area contributed by atoms with Crippen LogP contribution in [-0.4, -0.2) is 62.0 Å². The van der Waals surface area contributed by atoms with E-state index in [0.29, 0.717) is 0 Å². The highest BCUT2D eigenvalue weighted by Crippen LogP contribution is 2.24. The minimum Gasteiger partial charge on any atom is -0.497 e. The second-order valence-corrected chi connectivity index (χ2v) is 7.42. The molecule has 1 aliphatic heterocycles. The number of hydrogen-bond acceptors (Lipinski definition) is 4. The van der Waals surface area contributed by atoms with E-state index in [1.54, 1.807) is 26.1 Å². The first kappa shape index (κ1) is 20.2. The van der Waals surface area contributed by atoms with Gasteiger partial charge in [-0.1, -0.05) is 26.0 Å². The molecule has 2 amide bonds. The summed E-state index contributed by atoms with van der Waals surface area (Å²) in [6.07, 6.45) is 1.76. The van der Waals surface area contributed by atoms with Crippen molar-refractivity contribution in [1.82, 2.24) is 15.1 Å². The highest BCUT2D eigenvalue weighted by molar-refractivity contribution is 5.84. The number of carbonyl (C=O) groups is 2. The molecular formula is C20H31N3O3. The van der Waals surface area contributed by atoms with Crippen molar-refractivity contribution in [2.45, 2.75) is 38.8 Å². The molecule has 0 aliphatic carbocycles. The summed E-state index contributed by atoms with van der Waals surface area (Å²) >= 11 is 0. The van der Waals surface area contributed by atoms with Crippen LogP contribution in [0.5, 0.6) is 5.75 Å². The van der Waals surface area contributed by atoms with Crippen LogP contribution in [0.25, 0.3) is 0 Å². The Bertz CT molecular complexity index is 613. The van der Waals surface area contributed by atoms with Crippen LogP contribution >= 0.6 is 0 Å². The summed E-state index contributed by atoms with van der Waals surface area (Å²) in [5.74, 6) is 1.08. The number of likely N-dealkylation sites (N-methyl/N-ethyl adjacent to an activating group) is 1.